The average molecular weight is 219 g/mol. The molecule has 1 unspecified atom stereocenters. The van der Waals surface area contributed by atoms with E-state index in [1.165, 1.54) is 6.92 Å². The first-order valence-corrected chi connectivity index (χ1v) is 5.06. The van der Waals surface area contributed by atoms with E-state index in [2.05, 4.69) is 5.32 Å². The van der Waals surface area contributed by atoms with Crippen molar-refractivity contribution in [2.75, 3.05) is 0 Å². The third-order valence-electron chi connectivity index (χ3n) is 2.37. The van der Waals surface area contributed by atoms with Gasteiger partial charge in [-0.05, 0) is 31.2 Å². The maximum atomic E-state index is 10.9. The van der Waals surface area contributed by atoms with E-state index in [4.69, 9.17) is 4.42 Å². The summed E-state index contributed by atoms with van der Waals surface area (Å²) < 4.78 is 5.56. The molecule has 0 aliphatic rings. The molecule has 2 aromatic rings. The molecule has 2 rings (SSSR count). The summed E-state index contributed by atoms with van der Waals surface area (Å²) in [5, 5.41) is 12.9. The molecule has 84 valence electrons. The summed E-state index contributed by atoms with van der Waals surface area (Å²) in [5.41, 5.74) is 0.699. The summed E-state index contributed by atoms with van der Waals surface area (Å²) in [6.45, 7) is 3.31. The van der Waals surface area contributed by atoms with E-state index in [1.54, 1.807) is 18.2 Å². The van der Waals surface area contributed by atoms with Crippen molar-refractivity contribution in [3.05, 3.63) is 30.0 Å². The molecule has 4 nitrogen and oxygen atoms in total. The Bertz CT molecular complexity index is 530. The highest BCUT2D eigenvalue weighted by Gasteiger charge is 2.12. The molecule has 0 aliphatic heterocycles. The molecule has 4 heteroatoms. The van der Waals surface area contributed by atoms with Gasteiger partial charge in [0, 0.05) is 12.3 Å². The second-order valence-corrected chi connectivity index (χ2v) is 3.79. The van der Waals surface area contributed by atoms with Crippen LogP contribution in [-0.2, 0) is 4.79 Å². The minimum Gasteiger partial charge on any atom is -0.508 e. The lowest BCUT2D eigenvalue weighted by Gasteiger charge is -2.08. The number of phenolic OH excluding ortho intramolecular Hbond substituents is 1. The number of hydrogen-bond donors (Lipinski definition) is 2. The monoisotopic (exact) mass is 219 g/mol. The fraction of sp³-hybridized carbons (Fsp3) is 0.250. The van der Waals surface area contributed by atoms with Crippen LogP contribution in [0, 0.1) is 0 Å². The Hall–Kier alpha value is -1.97. The average Bonchev–Trinajstić information content (AvgIpc) is 2.59. The predicted molar refractivity (Wildman–Crippen MR) is 60.1 cm³/mol. The van der Waals surface area contributed by atoms with Gasteiger partial charge >= 0.3 is 0 Å². The van der Waals surface area contributed by atoms with E-state index in [1.807, 2.05) is 13.0 Å². The minimum atomic E-state index is -0.174. The molecule has 0 bridgehead atoms. The van der Waals surface area contributed by atoms with Gasteiger partial charge in [-0.1, -0.05) is 0 Å². The van der Waals surface area contributed by atoms with Crippen molar-refractivity contribution in [1.82, 2.24) is 5.32 Å². The summed E-state index contributed by atoms with van der Waals surface area (Å²) in [6, 6.07) is 6.54. The Morgan fingerprint density at radius 1 is 1.44 bits per heavy atom. The van der Waals surface area contributed by atoms with Crippen LogP contribution in [0.15, 0.2) is 28.7 Å². The standard InChI is InChI=1S/C12H13NO3/c1-7(13-8(2)14)12-6-9-5-10(15)3-4-11(9)16-12/h3-7,15H,1-2H3,(H,13,14). The Morgan fingerprint density at radius 2 is 2.19 bits per heavy atom. The van der Waals surface area contributed by atoms with Gasteiger partial charge in [0.1, 0.15) is 17.1 Å². The molecule has 0 saturated carbocycles. The molecule has 1 atom stereocenters. The number of fused-ring (bicyclic) bond motifs is 1. The molecule has 0 fully saturated rings. The van der Waals surface area contributed by atoms with Gasteiger partial charge in [-0.2, -0.15) is 0 Å². The van der Waals surface area contributed by atoms with Gasteiger partial charge in [0.05, 0.1) is 6.04 Å². The number of amides is 1. The van der Waals surface area contributed by atoms with Crippen molar-refractivity contribution < 1.29 is 14.3 Å². The maximum absolute atomic E-state index is 10.9. The second kappa shape index (κ2) is 3.89. The highest BCUT2D eigenvalue weighted by molar-refractivity contribution is 5.80. The molecular formula is C12H13NO3. The number of furan rings is 1. The van der Waals surface area contributed by atoms with Crippen molar-refractivity contribution in [3.8, 4) is 5.75 Å². The number of carbonyl (C=O) groups is 1. The smallest absolute Gasteiger partial charge is 0.217 e. The van der Waals surface area contributed by atoms with Crippen LogP contribution in [0.3, 0.4) is 0 Å². The maximum Gasteiger partial charge on any atom is 0.217 e. The molecule has 1 aromatic heterocycles. The van der Waals surface area contributed by atoms with Crippen molar-refractivity contribution in [2.24, 2.45) is 0 Å². The van der Waals surface area contributed by atoms with Crippen molar-refractivity contribution >= 4 is 16.9 Å². The lowest BCUT2D eigenvalue weighted by atomic mass is 10.2. The molecule has 1 heterocycles. The molecule has 0 aliphatic carbocycles. The zero-order chi connectivity index (χ0) is 11.7. The van der Waals surface area contributed by atoms with Crippen LogP contribution in [-0.4, -0.2) is 11.0 Å². The van der Waals surface area contributed by atoms with Crippen LogP contribution in [0.1, 0.15) is 25.6 Å². The molecule has 0 radical (unpaired) electrons. The van der Waals surface area contributed by atoms with Crippen molar-refractivity contribution in [2.45, 2.75) is 19.9 Å². The van der Waals surface area contributed by atoms with Gasteiger partial charge in [0.2, 0.25) is 5.91 Å². The number of nitrogens with one attached hydrogen (secondary N) is 1. The molecule has 2 N–H and O–H groups in total. The first kappa shape index (κ1) is 10.5. The Balaban J connectivity index is 2.35. The third kappa shape index (κ3) is 2.00. The first-order chi connectivity index (χ1) is 7.56. The predicted octanol–water partition coefficient (Wildman–Crippen LogP) is 2.34. The topological polar surface area (TPSA) is 62.5 Å². The number of benzene rings is 1. The van der Waals surface area contributed by atoms with E-state index in [-0.39, 0.29) is 17.7 Å². The number of hydrogen-bond acceptors (Lipinski definition) is 3. The van der Waals surface area contributed by atoms with Crippen LogP contribution < -0.4 is 5.32 Å². The van der Waals surface area contributed by atoms with Crippen LogP contribution in [0.4, 0.5) is 0 Å². The molecule has 1 amide bonds. The van der Waals surface area contributed by atoms with Crippen LogP contribution in [0.2, 0.25) is 0 Å². The zero-order valence-electron chi connectivity index (χ0n) is 9.15. The Kier molecular flexibility index (Phi) is 2.56. The fourth-order valence-corrected chi connectivity index (χ4v) is 1.64. The summed E-state index contributed by atoms with van der Waals surface area (Å²) in [6.07, 6.45) is 0. The van der Waals surface area contributed by atoms with Crippen molar-refractivity contribution in [1.29, 1.82) is 0 Å². The van der Waals surface area contributed by atoms with Crippen molar-refractivity contribution in [3.63, 3.8) is 0 Å². The van der Waals surface area contributed by atoms with Gasteiger partial charge in [0.15, 0.2) is 0 Å². The molecule has 0 spiro atoms. The van der Waals surface area contributed by atoms with E-state index in [9.17, 15) is 9.90 Å². The summed E-state index contributed by atoms with van der Waals surface area (Å²) in [4.78, 5) is 10.9. The normalized spacial score (nSPS) is 12.6. The Morgan fingerprint density at radius 3 is 2.88 bits per heavy atom. The molecule has 16 heavy (non-hydrogen) atoms. The van der Waals surface area contributed by atoms with E-state index in [0.717, 1.165) is 5.39 Å². The lowest BCUT2D eigenvalue weighted by molar-refractivity contribution is -0.119. The highest BCUT2D eigenvalue weighted by atomic mass is 16.3. The fourth-order valence-electron chi connectivity index (χ4n) is 1.64. The first-order valence-electron chi connectivity index (χ1n) is 5.06. The lowest BCUT2D eigenvalue weighted by Crippen LogP contribution is -2.23. The van der Waals surface area contributed by atoms with Gasteiger partial charge in [-0.25, -0.2) is 0 Å². The molecule has 1 aromatic carbocycles. The molecular weight excluding hydrogens is 206 g/mol. The highest BCUT2D eigenvalue weighted by Crippen LogP contribution is 2.26. The van der Waals surface area contributed by atoms with Crippen LogP contribution in [0.5, 0.6) is 5.75 Å². The van der Waals surface area contributed by atoms with Gasteiger partial charge in [-0.15, -0.1) is 0 Å². The quantitative estimate of drug-likeness (QED) is 0.814. The minimum absolute atomic E-state index is 0.101. The van der Waals surface area contributed by atoms with Gasteiger partial charge in [-0.3, -0.25) is 4.79 Å². The Labute approximate surface area is 92.9 Å². The summed E-state index contributed by atoms with van der Waals surface area (Å²) >= 11 is 0. The van der Waals surface area contributed by atoms with E-state index >= 15 is 0 Å². The van der Waals surface area contributed by atoms with Crippen LogP contribution >= 0.6 is 0 Å². The van der Waals surface area contributed by atoms with Gasteiger partial charge in [0.25, 0.3) is 0 Å². The zero-order valence-corrected chi connectivity index (χ0v) is 9.15. The second-order valence-electron chi connectivity index (χ2n) is 3.79. The third-order valence-corrected chi connectivity index (χ3v) is 2.37. The number of phenols is 1. The number of aromatic hydroxyl groups is 1. The summed E-state index contributed by atoms with van der Waals surface area (Å²) in [7, 11) is 0. The SMILES string of the molecule is CC(=O)NC(C)c1cc2cc(O)ccc2o1. The number of carbonyl (C=O) groups excluding carboxylic acids is 1. The van der Waals surface area contributed by atoms with E-state index < -0.39 is 0 Å². The van der Waals surface area contributed by atoms with E-state index in [0.29, 0.717) is 11.3 Å². The largest absolute Gasteiger partial charge is 0.508 e. The molecule has 0 saturated heterocycles. The number of rotatable bonds is 2. The van der Waals surface area contributed by atoms with Gasteiger partial charge < -0.3 is 14.8 Å². The van der Waals surface area contributed by atoms with Crippen LogP contribution in [0.25, 0.3) is 11.0 Å². The summed E-state index contributed by atoms with van der Waals surface area (Å²) in [5.74, 6) is 0.777.